The molecule has 6 nitrogen and oxygen atoms in total. The van der Waals surface area contributed by atoms with Gasteiger partial charge in [0.1, 0.15) is 0 Å². The van der Waals surface area contributed by atoms with Crippen LogP contribution in [0, 0.1) is 0 Å². The second-order valence-electron chi connectivity index (χ2n) is 5.93. The van der Waals surface area contributed by atoms with Crippen LogP contribution in [-0.4, -0.2) is 26.8 Å². The SMILES string of the molecule is CC(C)(C(=O)O)n1cc(NC(=O)CCCc2ccccc2)cn1. The van der Waals surface area contributed by atoms with Crippen LogP contribution >= 0.6 is 0 Å². The van der Waals surface area contributed by atoms with Gasteiger partial charge in [0.2, 0.25) is 5.91 Å². The first-order valence-electron chi connectivity index (χ1n) is 7.52. The van der Waals surface area contributed by atoms with Crippen molar-refractivity contribution in [1.82, 2.24) is 9.78 Å². The van der Waals surface area contributed by atoms with Gasteiger partial charge >= 0.3 is 5.97 Å². The maximum atomic E-state index is 11.9. The Balaban J connectivity index is 1.84. The van der Waals surface area contributed by atoms with Crippen LogP contribution in [0.3, 0.4) is 0 Å². The first-order valence-corrected chi connectivity index (χ1v) is 7.52. The van der Waals surface area contributed by atoms with Crippen LogP contribution in [0.5, 0.6) is 0 Å². The second kappa shape index (κ2) is 7.09. The molecule has 1 aromatic heterocycles. The number of amides is 1. The van der Waals surface area contributed by atoms with Crippen molar-refractivity contribution in [2.45, 2.75) is 38.6 Å². The van der Waals surface area contributed by atoms with Crippen molar-refractivity contribution < 1.29 is 14.7 Å². The minimum atomic E-state index is -1.16. The highest BCUT2D eigenvalue weighted by atomic mass is 16.4. The summed E-state index contributed by atoms with van der Waals surface area (Å²) in [6.45, 7) is 3.10. The van der Waals surface area contributed by atoms with Gasteiger partial charge < -0.3 is 10.4 Å². The first-order chi connectivity index (χ1) is 10.9. The number of hydrogen-bond donors (Lipinski definition) is 2. The Morgan fingerprint density at radius 3 is 2.61 bits per heavy atom. The lowest BCUT2D eigenvalue weighted by Crippen LogP contribution is -2.35. The molecule has 0 aliphatic heterocycles. The van der Waals surface area contributed by atoms with Gasteiger partial charge in [-0.05, 0) is 32.3 Å². The van der Waals surface area contributed by atoms with Gasteiger partial charge in [0, 0.05) is 12.6 Å². The summed E-state index contributed by atoms with van der Waals surface area (Å²) in [5, 5.41) is 15.9. The van der Waals surface area contributed by atoms with Crippen molar-refractivity contribution in [2.75, 3.05) is 5.32 Å². The molecule has 2 aromatic rings. The van der Waals surface area contributed by atoms with Crippen LogP contribution < -0.4 is 5.32 Å². The third-order valence-electron chi connectivity index (χ3n) is 3.67. The first kappa shape index (κ1) is 16.7. The molecule has 1 amide bonds. The summed E-state index contributed by atoms with van der Waals surface area (Å²) in [4.78, 5) is 23.1. The summed E-state index contributed by atoms with van der Waals surface area (Å²) in [7, 11) is 0. The minimum absolute atomic E-state index is 0.103. The van der Waals surface area contributed by atoms with E-state index >= 15 is 0 Å². The Kier molecular flexibility index (Phi) is 5.16. The van der Waals surface area contributed by atoms with E-state index in [9.17, 15) is 9.59 Å². The number of carboxylic acid groups (broad SMARTS) is 1. The molecule has 1 heterocycles. The highest BCUT2D eigenvalue weighted by molar-refractivity contribution is 5.90. The fraction of sp³-hybridized carbons (Fsp3) is 0.353. The molecule has 2 rings (SSSR count). The zero-order chi connectivity index (χ0) is 16.9. The normalized spacial score (nSPS) is 11.2. The Morgan fingerprint density at radius 2 is 1.96 bits per heavy atom. The molecule has 0 aliphatic carbocycles. The van der Waals surface area contributed by atoms with E-state index in [0.717, 1.165) is 12.8 Å². The van der Waals surface area contributed by atoms with E-state index in [1.807, 2.05) is 30.3 Å². The highest BCUT2D eigenvalue weighted by Gasteiger charge is 2.30. The average molecular weight is 315 g/mol. The van der Waals surface area contributed by atoms with Gasteiger partial charge in [-0.15, -0.1) is 0 Å². The van der Waals surface area contributed by atoms with Crippen molar-refractivity contribution in [1.29, 1.82) is 0 Å². The maximum absolute atomic E-state index is 11.9. The van der Waals surface area contributed by atoms with Gasteiger partial charge in [-0.2, -0.15) is 5.10 Å². The number of hydrogen-bond acceptors (Lipinski definition) is 3. The fourth-order valence-electron chi connectivity index (χ4n) is 2.11. The van der Waals surface area contributed by atoms with Gasteiger partial charge in [-0.3, -0.25) is 9.48 Å². The topological polar surface area (TPSA) is 84.2 Å². The number of carboxylic acids is 1. The van der Waals surface area contributed by atoms with Crippen LogP contribution in [0.4, 0.5) is 5.69 Å². The van der Waals surface area contributed by atoms with Gasteiger partial charge in [-0.25, -0.2) is 4.79 Å². The number of rotatable bonds is 7. The van der Waals surface area contributed by atoms with Gasteiger partial charge in [-0.1, -0.05) is 30.3 Å². The molecule has 0 saturated carbocycles. The van der Waals surface area contributed by atoms with E-state index in [-0.39, 0.29) is 5.91 Å². The Labute approximate surface area is 135 Å². The zero-order valence-corrected chi connectivity index (χ0v) is 13.3. The largest absolute Gasteiger partial charge is 0.479 e. The molecular weight excluding hydrogens is 294 g/mol. The smallest absolute Gasteiger partial charge is 0.331 e. The number of anilines is 1. The van der Waals surface area contributed by atoms with Crippen LogP contribution in [0.2, 0.25) is 0 Å². The molecule has 0 radical (unpaired) electrons. The quantitative estimate of drug-likeness (QED) is 0.822. The lowest BCUT2D eigenvalue weighted by Gasteiger charge is -2.19. The Morgan fingerprint density at radius 1 is 1.26 bits per heavy atom. The molecule has 0 aliphatic rings. The molecule has 2 N–H and O–H groups in total. The second-order valence-corrected chi connectivity index (χ2v) is 5.93. The van der Waals surface area contributed by atoms with Gasteiger partial charge in [0.25, 0.3) is 0 Å². The van der Waals surface area contributed by atoms with Gasteiger partial charge in [0.05, 0.1) is 11.9 Å². The van der Waals surface area contributed by atoms with Crippen LogP contribution in [0.15, 0.2) is 42.7 Å². The van der Waals surface area contributed by atoms with E-state index < -0.39 is 11.5 Å². The van der Waals surface area contributed by atoms with Crippen molar-refractivity contribution in [2.24, 2.45) is 0 Å². The standard InChI is InChI=1S/C17H21N3O3/c1-17(2,16(22)23)20-12-14(11-18-20)19-15(21)10-6-9-13-7-4-3-5-8-13/h3-5,7-8,11-12H,6,9-10H2,1-2H3,(H,19,21)(H,22,23). The van der Waals surface area contributed by atoms with Crippen LogP contribution in [0.1, 0.15) is 32.3 Å². The number of benzene rings is 1. The van der Waals surface area contributed by atoms with E-state index in [4.69, 9.17) is 5.11 Å². The summed E-state index contributed by atoms with van der Waals surface area (Å²) in [5.74, 6) is -1.09. The Hall–Kier alpha value is -2.63. The summed E-state index contributed by atoms with van der Waals surface area (Å²) >= 11 is 0. The molecule has 1 aromatic carbocycles. The van der Waals surface area contributed by atoms with Crippen molar-refractivity contribution in [3.05, 3.63) is 48.3 Å². The lowest BCUT2D eigenvalue weighted by atomic mass is 10.1. The molecule has 0 spiro atoms. The third kappa shape index (κ3) is 4.42. The molecular formula is C17H21N3O3. The third-order valence-corrected chi connectivity index (χ3v) is 3.67. The summed E-state index contributed by atoms with van der Waals surface area (Å²) in [6, 6.07) is 10.0. The molecule has 6 heteroatoms. The lowest BCUT2D eigenvalue weighted by molar-refractivity contribution is -0.146. The molecule has 23 heavy (non-hydrogen) atoms. The summed E-state index contributed by atoms with van der Waals surface area (Å²) in [6.07, 6.45) is 5.00. The number of aliphatic carboxylic acids is 1. The molecule has 0 fully saturated rings. The van der Waals surface area contributed by atoms with Crippen LogP contribution in [-0.2, 0) is 21.5 Å². The van der Waals surface area contributed by atoms with E-state index in [2.05, 4.69) is 10.4 Å². The Bertz CT molecular complexity index is 677. The number of aromatic nitrogens is 2. The molecule has 122 valence electrons. The van der Waals surface area contributed by atoms with E-state index in [0.29, 0.717) is 12.1 Å². The number of carbonyl (C=O) groups is 2. The molecule has 0 unspecified atom stereocenters. The fourth-order valence-corrected chi connectivity index (χ4v) is 2.11. The maximum Gasteiger partial charge on any atom is 0.331 e. The van der Waals surface area contributed by atoms with E-state index in [1.165, 1.54) is 22.6 Å². The summed E-state index contributed by atoms with van der Waals surface area (Å²) < 4.78 is 1.33. The molecule has 0 bridgehead atoms. The zero-order valence-electron chi connectivity index (χ0n) is 13.3. The average Bonchev–Trinajstić information content (AvgIpc) is 2.97. The highest BCUT2D eigenvalue weighted by Crippen LogP contribution is 2.17. The van der Waals surface area contributed by atoms with Crippen LogP contribution in [0.25, 0.3) is 0 Å². The van der Waals surface area contributed by atoms with Crippen molar-refractivity contribution in [3.63, 3.8) is 0 Å². The number of nitrogens with zero attached hydrogens (tertiary/aromatic N) is 2. The van der Waals surface area contributed by atoms with Crippen molar-refractivity contribution in [3.8, 4) is 0 Å². The summed E-state index contributed by atoms with van der Waals surface area (Å²) in [5.41, 5.74) is 0.552. The predicted molar refractivity (Wildman–Crippen MR) is 87.2 cm³/mol. The monoisotopic (exact) mass is 315 g/mol. The van der Waals surface area contributed by atoms with E-state index in [1.54, 1.807) is 13.8 Å². The number of nitrogens with one attached hydrogen (secondary N) is 1. The number of carbonyl (C=O) groups excluding carboxylic acids is 1. The predicted octanol–water partition coefficient (Wildman–Crippen LogP) is 2.66. The molecule has 0 saturated heterocycles. The minimum Gasteiger partial charge on any atom is -0.479 e. The van der Waals surface area contributed by atoms with Crippen molar-refractivity contribution >= 4 is 17.6 Å². The van der Waals surface area contributed by atoms with Gasteiger partial charge in [0.15, 0.2) is 5.54 Å². The number of aryl methyl sites for hydroxylation is 1. The molecule has 0 atom stereocenters.